The molecule has 1 amide bonds. The molecule has 4 rings (SSSR count). The number of amides is 1. The molecular weight excluding hydrogens is 405 g/mol. The van der Waals surface area contributed by atoms with Crippen molar-refractivity contribution in [2.75, 3.05) is 0 Å². The number of fused-ring (bicyclic) bond motifs is 1. The van der Waals surface area contributed by atoms with Gasteiger partial charge < -0.3 is 9.32 Å². The van der Waals surface area contributed by atoms with Crippen molar-refractivity contribution in [2.24, 2.45) is 0 Å². The highest BCUT2D eigenvalue weighted by molar-refractivity contribution is 6.30. The number of benzene rings is 3. The highest BCUT2D eigenvalue weighted by atomic mass is 35.5. The number of rotatable bonds is 5. The van der Waals surface area contributed by atoms with Crippen LogP contribution in [0.1, 0.15) is 21.5 Å². The maximum absolute atomic E-state index is 13.3. The van der Waals surface area contributed by atoms with E-state index < -0.39 is 0 Å². The van der Waals surface area contributed by atoms with Gasteiger partial charge in [-0.15, -0.1) is 0 Å². The molecule has 0 aliphatic rings. The van der Waals surface area contributed by atoms with Crippen LogP contribution < -0.4 is 5.43 Å². The van der Waals surface area contributed by atoms with Crippen LogP contribution >= 0.6 is 11.6 Å². The Kier molecular flexibility index (Phi) is 5.63. The summed E-state index contributed by atoms with van der Waals surface area (Å²) in [4.78, 5) is 27.6. The van der Waals surface area contributed by atoms with Crippen LogP contribution in [0.15, 0.2) is 88.3 Å². The average Bonchev–Trinajstić information content (AvgIpc) is 2.77. The number of hydrogen-bond acceptors (Lipinski definition) is 3. The Bertz CT molecular complexity index is 1250. The number of carbonyl (C=O) groups excluding carboxylic acids is 1. The van der Waals surface area contributed by atoms with Gasteiger partial charge in [-0.1, -0.05) is 35.9 Å². The summed E-state index contributed by atoms with van der Waals surface area (Å²) in [6.07, 6.45) is 1.39. The molecular formula is C24H17ClFNO3. The van der Waals surface area contributed by atoms with Crippen LogP contribution in [0.5, 0.6) is 0 Å². The van der Waals surface area contributed by atoms with Gasteiger partial charge >= 0.3 is 0 Å². The predicted octanol–water partition coefficient (Wildman–Crippen LogP) is 5.43. The fraction of sp³-hybridized carbons (Fsp3) is 0.0833. The summed E-state index contributed by atoms with van der Waals surface area (Å²) in [5.41, 5.74) is 1.83. The molecule has 0 fully saturated rings. The predicted molar refractivity (Wildman–Crippen MR) is 114 cm³/mol. The molecule has 4 aromatic rings. The zero-order valence-corrected chi connectivity index (χ0v) is 16.6. The second-order valence-electron chi connectivity index (χ2n) is 6.88. The Labute approximate surface area is 177 Å². The molecule has 1 aromatic heterocycles. The molecule has 0 spiro atoms. The molecule has 0 aliphatic heterocycles. The molecule has 0 saturated heterocycles. The van der Waals surface area contributed by atoms with Gasteiger partial charge in [-0.2, -0.15) is 0 Å². The second-order valence-corrected chi connectivity index (χ2v) is 7.32. The Morgan fingerprint density at radius 3 is 2.37 bits per heavy atom. The second kappa shape index (κ2) is 8.51. The summed E-state index contributed by atoms with van der Waals surface area (Å²) in [5.74, 6) is -0.631. The van der Waals surface area contributed by atoms with Crippen molar-refractivity contribution in [1.29, 1.82) is 0 Å². The highest BCUT2D eigenvalue weighted by Gasteiger charge is 2.19. The van der Waals surface area contributed by atoms with E-state index in [9.17, 15) is 14.0 Å². The average molecular weight is 422 g/mol. The van der Waals surface area contributed by atoms with Gasteiger partial charge in [0.2, 0.25) is 0 Å². The fourth-order valence-corrected chi connectivity index (χ4v) is 3.34. The Balaban J connectivity index is 1.70. The first-order valence-corrected chi connectivity index (χ1v) is 9.68. The quantitative estimate of drug-likeness (QED) is 0.432. The van der Waals surface area contributed by atoms with Crippen molar-refractivity contribution in [3.05, 3.63) is 117 Å². The molecule has 1 heterocycles. The number of hydrogen-bond donors (Lipinski definition) is 0. The van der Waals surface area contributed by atoms with Crippen LogP contribution in [-0.4, -0.2) is 10.8 Å². The molecule has 0 atom stereocenters. The van der Waals surface area contributed by atoms with E-state index in [2.05, 4.69) is 0 Å². The number of halogens is 2. The van der Waals surface area contributed by atoms with Gasteiger partial charge in [0.15, 0.2) is 5.43 Å². The maximum atomic E-state index is 13.3. The third-order valence-corrected chi connectivity index (χ3v) is 5.03. The Morgan fingerprint density at radius 1 is 0.933 bits per heavy atom. The van der Waals surface area contributed by atoms with Crippen LogP contribution in [0.2, 0.25) is 5.02 Å². The van der Waals surface area contributed by atoms with Crippen molar-refractivity contribution < 1.29 is 13.6 Å². The van der Waals surface area contributed by atoms with E-state index in [-0.39, 0.29) is 30.2 Å². The molecule has 0 radical (unpaired) electrons. The van der Waals surface area contributed by atoms with Crippen LogP contribution in [-0.2, 0) is 13.1 Å². The summed E-state index contributed by atoms with van der Waals surface area (Å²) in [7, 11) is 0. The Hall–Kier alpha value is -3.44. The van der Waals surface area contributed by atoms with Gasteiger partial charge in [-0.3, -0.25) is 9.59 Å². The molecule has 0 bridgehead atoms. The molecule has 6 heteroatoms. The molecule has 0 N–H and O–H groups in total. The van der Waals surface area contributed by atoms with E-state index in [1.54, 1.807) is 60.7 Å². The van der Waals surface area contributed by atoms with Crippen LogP contribution in [0, 0.1) is 5.82 Å². The summed E-state index contributed by atoms with van der Waals surface area (Å²) in [6, 6.07) is 19.4. The third kappa shape index (κ3) is 4.26. The highest BCUT2D eigenvalue weighted by Crippen LogP contribution is 2.17. The van der Waals surface area contributed by atoms with Crippen molar-refractivity contribution >= 4 is 28.5 Å². The van der Waals surface area contributed by atoms with Crippen molar-refractivity contribution in [1.82, 2.24) is 4.90 Å². The van der Waals surface area contributed by atoms with Gasteiger partial charge in [0.1, 0.15) is 11.4 Å². The monoisotopic (exact) mass is 421 g/mol. The normalized spacial score (nSPS) is 10.9. The van der Waals surface area contributed by atoms with Gasteiger partial charge in [0, 0.05) is 17.1 Å². The van der Waals surface area contributed by atoms with Gasteiger partial charge in [-0.25, -0.2) is 4.39 Å². The summed E-state index contributed by atoms with van der Waals surface area (Å²) >= 11 is 5.93. The molecule has 0 unspecified atom stereocenters. The van der Waals surface area contributed by atoms with E-state index in [0.29, 0.717) is 27.1 Å². The molecule has 0 aliphatic carbocycles. The number of para-hydroxylation sites is 1. The van der Waals surface area contributed by atoms with Crippen molar-refractivity contribution in [2.45, 2.75) is 13.1 Å². The SMILES string of the molecule is O=C(c1ccc(Cl)cc1)N(Cc1ccc(F)cc1)Cc1coc2ccccc2c1=O. The lowest BCUT2D eigenvalue weighted by Crippen LogP contribution is -2.32. The minimum atomic E-state index is -0.357. The van der Waals surface area contributed by atoms with Crippen LogP contribution in [0.3, 0.4) is 0 Å². The van der Waals surface area contributed by atoms with Crippen LogP contribution in [0.25, 0.3) is 11.0 Å². The molecule has 4 nitrogen and oxygen atoms in total. The zero-order valence-electron chi connectivity index (χ0n) is 15.8. The lowest BCUT2D eigenvalue weighted by molar-refractivity contribution is 0.0729. The number of carbonyl (C=O) groups is 1. The van der Waals surface area contributed by atoms with Crippen LogP contribution in [0.4, 0.5) is 4.39 Å². The molecule has 0 saturated carbocycles. The van der Waals surface area contributed by atoms with Gasteiger partial charge in [0.25, 0.3) is 5.91 Å². The first-order valence-electron chi connectivity index (χ1n) is 9.30. The van der Waals surface area contributed by atoms with Crippen molar-refractivity contribution in [3.63, 3.8) is 0 Å². The smallest absolute Gasteiger partial charge is 0.254 e. The van der Waals surface area contributed by atoms with Gasteiger partial charge in [0.05, 0.1) is 23.8 Å². The fourth-order valence-electron chi connectivity index (χ4n) is 3.22. The van der Waals surface area contributed by atoms with E-state index >= 15 is 0 Å². The standard InChI is InChI=1S/C24H17ClFNO3/c25-19-9-7-17(8-10-19)24(29)27(13-16-5-11-20(26)12-6-16)14-18-15-30-22-4-2-1-3-21(22)23(18)28/h1-12,15H,13-14H2. The maximum Gasteiger partial charge on any atom is 0.254 e. The van der Waals surface area contributed by atoms with E-state index in [4.69, 9.17) is 16.0 Å². The lowest BCUT2D eigenvalue weighted by atomic mass is 10.1. The van der Waals surface area contributed by atoms with Crippen molar-refractivity contribution in [3.8, 4) is 0 Å². The largest absolute Gasteiger partial charge is 0.464 e. The molecule has 30 heavy (non-hydrogen) atoms. The topological polar surface area (TPSA) is 50.5 Å². The van der Waals surface area contributed by atoms with E-state index in [0.717, 1.165) is 5.56 Å². The first-order chi connectivity index (χ1) is 14.5. The molecule has 150 valence electrons. The minimum absolute atomic E-state index is 0.0476. The minimum Gasteiger partial charge on any atom is -0.464 e. The summed E-state index contributed by atoms with van der Waals surface area (Å²) < 4.78 is 18.9. The summed E-state index contributed by atoms with van der Waals surface area (Å²) in [5, 5.41) is 0.975. The van der Waals surface area contributed by atoms with E-state index in [1.807, 2.05) is 0 Å². The number of nitrogens with zero attached hydrogens (tertiary/aromatic N) is 1. The summed E-state index contributed by atoms with van der Waals surface area (Å²) in [6.45, 7) is 0.250. The first kappa shape index (κ1) is 19.9. The third-order valence-electron chi connectivity index (χ3n) is 4.78. The Morgan fingerprint density at radius 2 is 1.63 bits per heavy atom. The van der Waals surface area contributed by atoms with Gasteiger partial charge in [-0.05, 0) is 54.1 Å². The molecule has 3 aromatic carbocycles. The lowest BCUT2D eigenvalue weighted by Gasteiger charge is -2.23. The zero-order chi connectivity index (χ0) is 21.1. The van der Waals surface area contributed by atoms with E-state index in [1.165, 1.54) is 23.3 Å².